The van der Waals surface area contributed by atoms with Gasteiger partial charge in [0.15, 0.2) is 5.11 Å². The van der Waals surface area contributed by atoms with Gasteiger partial charge in [0.1, 0.15) is 6.04 Å². The number of carbonyl (C=O) groups is 7. The summed E-state index contributed by atoms with van der Waals surface area (Å²) in [6.07, 6.45) is 88.9. The van der Waals surface area contributed by atoms with Crippen molar-refractivity contribution >= 4 is 106 Å². The van der Waals surface area contributed by atoms with Crippen LogP contribution in [0.3, 0.4) is 0 Å². The molecule has 0 aromatic carbocycles. The predicted molar refractivity (Wildman–Crippen MR) is 557 cm³/mol. The largest absolute Gasteiger partial charge is 0.360 e. The summed E-state index contributed by atoms with van der Waals surface area (Å²) in [4.78, 5) is 101. The van der Waals surface area contributed by atoms with E-state index in [4.69, 9.17) is 12.2 Å². The van der Waals surface area contributed by atoms with Crippen molar-refractivity contribution in [2.45, 2.75) is 258 Å². The van der Waals surface area contributed by atoms with Crippen LogP contribution in [0.25, 0.3) is 0 Å². The minimum atomic E-state index is -3.15. The Morgan fingerprint density at radius 1 is 0.324 bits per heavy atom. The van der Waals surface area contributed by atoms with E-state index in [0.29, 0.717) is 105 Å². The highest BCUT2D eigenvalue weighted by atomic mass is 32.2. The van der Waals surface area contributed by atoms with Crippen LogP contribution in [0, 0.1) is 0 Å². The molecule has 26 heterocycles. The van der Waals surface area contributed by atoms with Crippen LogP contribution in [0.5, 0.6) is 0 Å². The molecule has 7 N–H and O–H groups in total. The van der Waals surface area contributed by atoms with Crippen molar-refractivity contribution in [3.8, 4) is 0 Å². The van der Waals surface area contributed by atoms with Crippen molar-refractivity contribution in [1.82, 2.24) is 97.3 Å². The first-order valence-corrected chi connectivity index (χ1v) is 58.5. The third-order valence-corrected chi connectivity index (χ3v) is 36.8. The van der Waals surface area contributed by atoms with Crippen LogP contribution >= 0.6 is 12.2 Å². The van der Waals surface area contributed by atoms with Gasteiger partial charge < -0.3 is 60.5 Å². The fraction of sp³-hybridized carbons (Fsp3) is 0.634. The first-order chi connectivity index (χ1) is 68.8. The maximum absolute atomic E-state index is 11.5. The molecular weight excluding hydrogens is 1910 g/mol. The number of amides is 10. The Labute approximate surface area is 847 Å². The van der Waals surface area contributed by atoms with Gasteiger partial charge in [-0.15, -0.1) is 0 Å². The van der Waals surface area contributed by atoms with Crippen molar-refractivity contribution in [2.24, 2.45) is 4.99 Å². The zero-order valence-corrected chi connectivity index (χ0v) is 86.3. The number of thiocarbonyl (C=S) groups is 1. The molecule has 0 bridgehead atoms. The van der Waals surface area contributed by atoms with Crippen LogP contribution in [-0.2, 0) is 59.6 Å². The van der Waals surface area contributed by atoms with E-state index in [1.807, 2.05) is 73.4 Å². The van der Waals surface area contributed by atoms with Crippen LogP contribution in [0.4, 0.5) is 14.4 Å². The highest BCUT2D eigenvalue weighted by Crippen LogP contribution is 2.31. The molecule has 0 radical (unpaired) electrons. The summed E-state index contributed by atoms with van der Waals surface area (Å²) >= 11 is 5.10. The van der Waals surface area contributed by atoms with E-state index in [9.17, 15) is 67.2 Å². The van der Waals surface area contributed by atoms with Gasteiger partial charge in [0.05, 0.1) is 60.6 Å². The van der Waals surface area contributed by atoms with Gasteiger partial charge in [-0.05, 0) is 179 Å². The summed E-state index contributed by atoms with van der Waals surface area (Å²) in [5.74, 6) is 1.35. The smallest absolute Gasteiger partial charge is 0.325 e. The van der Waals surface area contributed by atoms with Gasteiger partial charge in [0, 0.05) is 180 Å². The van der Waals surface area contributed by atoms with Gasteiger partial charge in [-0.3, -0.25) is 34.4 Å². The highest BCUT2D eigenvalue weighted by Gasteiger charge is 2.42. The molecule has 0 aliphatic carbocycles. The molecule has 0 aromatic heterocycles. The van der Waals surface area contributed by atoms with Gasteiger partial charge in [-0.25, -0.2) is 40.7 Å². The fourth-order valence-electron chi connectivity index (χ4n) is 21.5. The lowest BCUT2D eigenvalue weighted by atomic mass is 9.98. The molecule has 0 saturated carbocycles. The van der Waals surface area contributed by atoms with E-state index in [1.54, 1.807) is 25.7 Å². The molecule has 142 heavy (non-hydrogen) atoms. The molecule has 26 aliphatic rings. The standard InChI is InChI=1S/C10H15NO.C9H14N2O.C9H13NO.C8H12N2O.C8H14N2.C8H13NO2S.C8H9NO.C7H12N2O2S.C7H8N2O2.C7H10N2S.C7H10N2.C7H11NO2S.C6H10N2O2S/c12-10-7-2-1-5-9-6-3-4-8-11(9)10;12-9-10-6-3-5-8-4-1-2-7-11(8)9;11-9-6-3-5-8-4-1-2-7-10(8)9;11-8-9-5-4-7-3-1-2-6-10(7)8;1-2-6-10-7-9-5-4-8(10)3-1;10-12(11)7-3-5-8-4-1-2-6-9(8)12;10-8-5-4-7-3-1-2-6-9(7)8;10-12(11)8-5-4-7-3-1-2-6-9(7)12;10-6-5-3-1-2-4-9(5)7(11)8-6;10-7-8-5-6-3-1-2-4-9(6)7;1-2-4-9-6-8-5-7(9)3-1;9-11(10)6-4-7-3-1-2-5-8(7)11;9-11(10)7-5-6-3-1-2-4-8(6)11/h3,6,9H,1-2,4-5,7-8H2;1,4,8H,2-3,5-7H2,(H,10,12);1,4,8H,2-3,5-7H2;1,3,7H,2,4-6H2,(H,9,11);1,3,8-9H,2,4-7H2;1,4,8H,2-3,5-7H2;1,3-5,7H,2,6H2;1,3,7-8H,2,4-6H2;1,3,5H,2,4H2,(H,8,10,11);1,3,6H,2,4-5H2,(H,8,10);1,3,6-7H,2,4-5H2;1,3,7H,2,4-6H2;1,3,6-7H,2,4-5H2. The predicted octanol–water partition coefficient (Wildman–Crippen LogP) is 7.62. The normalized spacial score (nSPS) is 31.7. The summed E-state index contributed by atoms with van der Waals surface area (Å²) in [5, 5.41) is 15.5. The Bertz CT molecular complexity index is 5080. The van der Waals surface area contributed by atoms with Crippen molar-refractivity contribution in [3.63, 3.8) is 0 Å². The van der Waals surface area contributed by atoms with Gasteiger partial charge in [0.25, 0.3) is 26.3 Å². The molecule has 26 rings (SSSR count). The summed E-state index contributed by atoms with van der Waals surface area (Å²) in [5.41, 5.74) is 0. The van der Waals surface area contributed by atoms with Crippen molar-refractivity contribution < 1.29 is 67.2 Å². The molecule has 36 nitrogen and oxygen atoms in total. The second kappa shape index (κ2) is 53.8. The number of carbonyl (C=O) groups excluding carboxylic acids is 7. The quantitative estimate of drug-likeness (QED) is 0.0696. The second-order valence-corrected chi connectivity index (χ2v) is 46.8. The SMILES string of the molecule is C1=CC2CCNCN2CC1.C1=CC2CN=CN2CC1.O=C1C=CC2C=CCCN12.O=C1CCCC2C=CCCN12.O=C1CCCCC2C=CCCN12.O=C1NC(=O)N2CCC=CC12.O=C1NCCC2C=CCCN12.O=C1NCCCC2C=CCCN12.O=S1(=O)CCC2C=CCCN21.O=S1(=O)CCCC2C=CCCN21.O=S1(=O)NCC2C=CCCN21.O=S1(=O)NCCC2C=CCCN21.S=C1NCC2C=CCCN12. The Hall–Kier alpha value is -9.11. The van der Waals surface area contributed by atoms with Crippen LogP contribution in [0.1, 0.15) is 180 Å². The van der Waals surface area contributed by atoms with Gasteiger partial charge in [0.2, 0.25) is 37.8 Å². The fourth-order valence-corrected chi connectivity index (χ4v) is 28.1. The Morgan fingerprint density at radius 3 is 1.35 bits per heavy atom. The molecule has 13 atom stereocenters. The molecule has 26 aliphatic heterocycles. The number of nitrogens with one attached hydrogen (secondary N) is 7. The Kier molecular flexibility index (Phi) is 41.2. The topological polar surface area (TPSA) is 395 Å². The van der Waals surface area contributed by atoms with E-state index in [0.717, 1.165) is 231 Å². The average Bonchev–Trinajstić information content (AvgIpc) is 1.67. The lowest BCUT2D eigenvalue weighted by Crippen LogP contribution is -2.53. The highest BCUT2D eigenvalue weighted by molar-refractivity contribution is 7.89. The number of nitrogens with zero attached hydrogens (tertiary/aromatic N) is 14. The molecule has 780 valence electrons. The summed E-state index contributed by atoms with van der Waals surface area (Å²) in [7, 11) is -12.0. The van der Waals surface area contributed by atoms with Crippen LogP contribution < -0.4 is 36.0 Å². The summed E-state index contributed by atoms with van der Waals surface area (Å²) in [6.45, 7) is 18.3. The van der Waals surface area contributed by atoms with E-state index in [-0.39, 0.29) is 66.2 Å². The first kappa shape index (κ1) is 109. The molecule has 0 aromatic rings. The molecule has 11 fully saturated rings. The molecule has 10 amide bonds. The first-order valence-electron chi connectivity index (χ1n) is 52.0. The number of fused-ring (bicyclic) bond motifs is 13. The van der Waals surface area contributed by atoms with Gasteiger partial charge in [-0.2, -0.15) is 34.1 Å². The van der Waals surface area contributed by atoms with Crippen molar-refractivity contribution in [3.05, 3.63) is 170 Å². The van der Waals surface area contributed by atoms with E-state index < -0.39 is 40.5 Å². The Morgan fingerprint density at radius 2 is 0.768 bits per heavy atom. The lowest BCUT2D eigenvalue weighted by molar-refractivity contribution is -0.135. The van der Waals surface area contributed by atoms with Crippen LogP contribution in [0.2, 0.25) is 0 Å². The number of hydrogen-bond donors (Lipinski definition) is 7. The number of imide groups is 1. The minimum absolute atomic E-state index is 0.0637. The van der Waals surface area contributed by atoms with Gasteiger partial charge in [-0.1, -0.05) is 170 Å². The number of piperidine rings is 1. The maximum Gasteiger partial charge on any atom is 0.325 e. The number of aliphatic imine (C=N–C) groups is 1. The zero-order chi connectivity index (χ0) is 99.9. The summed E-state index contributed by atoms with van der Waals surface area (Å²) < 4.78 is 102. The number of rotatable bonds is 0. The van der Waals surface area contributed by atoms with Gasteiger partial charge >= 0.3 is 18.1 Å². The molecule has 41 heteroatoms. The summed E-state index contributed by atoms with van der Waals surface area (Å²) in [6, 6.07) is 3.87. The third kappa shape index (κ3) is 30.5. The van der Waals surface area contributed by atoms with E-state index in [2.05, 4.69) is 171 Å². The van der Waals surface area contributed by atoms with Crippen molar-refractivity contribution in [2.75, 3.05) is 149 Å². The van der Waals surface area contributed by atoms with E-state index in [1.165, 1.54) is 60.2 Å². The minimum Gasteiger partial charge on any atom is -0.360 e. The number of hydrogen-bond acceptors (Lipinski definition) is 20. The number of sulfonamides is 2. The molecular formula is C101H151N21O15S5. The van der Waals surface area contributed by atoms with Crippen LogP contribution in [-0.4, -0.2) is 376 Å². The molecule has 13 unspecified atom stereocenters. The molecule has 11 saturated heterocycles. The molecule has 0 spiro atoms. The maximum atomic E-state index is 11.5. The Balaban J connectivity index is 0.000000122. The van der Waals surface area contributed by atoms with E-state index >= 15 is 0 Å². The lowest BCUT2D eigenvalue weighted by Gasteiger charge is -2.36. The van der Waals surface area contributed by atoms with Crippen LogP contribution in [0.15, 0.2) is 175 Å². The second-order valence-electron chi connectivity index (χ2n) is 38.9. The average molecular weight is 2060 g/mol. The number of urea groups is 3. The monoisotopic (exact) mass is 2060 g/mol. The van der Waals surface area contributed by atoms with Crippen molar-refractivity contribution in [1.29, 1.82) is 0 Å². The zero-order valence-electron chi connectivity index (χ0n) is 82.2. The third-order valence-electron chi connectivity index (χ3n) is 29.2.